The van der Waals surface area contributed by atoms with E-state index in [1.807, 2.05) is 6.07 Å². The number of rotatable bonds is 6. The Labute approximate surface area is 166 Å². The van der Waals surface area contributed by atoms with E-state index >= 15 is 0 Å². The minimum Gasteiger partial charge on any atom is -0.508 e. The van der Waals surface area contributed by atoms with Crippen LogP contribution in [0.25, 0.3) is 0 Å². The smallest absolute Gasteiger partial charge is 0.335 e. The maximum Gasteiger partial charge on any atom is 0.335 e. The van der Waals surface area contributed by atoms with Crippen LogP contribution in [0, 0.1) is 0 Å². The fourth-order valence-corrected chi connectivity index (χ4v) is 3.15. The van der Waals surface area contributed by atoms with E-state index in [1.165, 1.54) is 6.07 Å². The first-order valence-corrected chi connectivity index (χ1v) is 8.94. The van der Waals surface area contributed by atoms with Gasteiger partial charge in [0.1, 0.15) is 35.6 Å². The molecule has 5 unspecified atom stereocenters. The van der Waals surface area contributed by atoms with Crippen LogP contribution in [0.3, 0.4) is 0 Å². The van der Waals surface area contributed by atoms with E-state index in [1.54, 1.807) is 30.3 Å². The van der Waals surface area contributed by atoms with Crippen LogP contribution < -0.4 is 4.74 Å². The Morgan fingerprint density at radius 2 is 1.55 bits per heavy atom. The predicted octanol–water partition coefficient (Wildman–Crippen LogP) is 0.154. The lowest BCUT2D eigenvalue weighted by atomic mass is 9.99. The van der Waals surface area contributed by atoms with Gasteiger partial charge in [0.25, 0.3) is 0 Å². The van der Waals surface area contributed by atoms with Crippen molar-refractivity contribution >= 4 is 5.97 Å². The summed E-state index contributed by atoms with van der Waals surface area (Å²) in [5.74, 6) is -1.28. The summed E-state index contributed by atoms with van der Waals surface area (Å²) in [5, 5.41) is 57.8. The van der Waals surface area contributed by atoms with Gasteiger partial charge in [0.05, 0.1) is 0 Å². The SMILES string of the molecule is O=C(O)C1OC(Oc2cccc(CCc3cc(O)cc(O)c3)c2)C(O)C(O)C1O. The Morgan fingerprint density at radius 3 is 2.21 bits per heavy atom. The van der Waals surface area contributed by atoms with Crippen molar-refractivity contribution in [3.8, 4) is 17.2 Å². The molecule has 0 radical (unpaired) electrons. The zero-order valence-electron chi connectivity index (χ0n) is 15.3. The minimum absolute atomic E-state index is 0.0331. The number of hydrogen-bond donors (Lipinski definition) is 6. The van der Waals surface area contributed by atoms with Gasteiger partial charge in [-0.1, -0.05) is 12.1 Å². The molecule has 1 aliphatic rings. The van der Waals surface area contributed by atoms with Gasteiger partial charge in [-0.05, 0) is 48.2 Å². The van der Waals surface area contributed by atoms with Crippen LogP contribution in [0.15, 0.2) is 42.5 Å². The number of aliphatic hydroxyl groups is 3. The van der Waals surface area contributed by atoms with Gasteiger partial charge in [0.2, 0.25) is 6.29 Å². The number of aryl methyl sites for hydroxylation is 2. The summed E-state index contributed by atoms with van der Waals surface area (Å²) in [6.45, 7) is 0. The van der Waals surface area contributed by atoms with E-state index in [0.29, 0.717) is 12.8 Å². The molecular formula is C20H22O9. The number of carboxylic acid groups (broad SMARTS) is 1. The summed E-state index contributed by atoms with van der Waals surface area (Å²) in [6.07, 6.45) is -7.30. The largest absolute Gasteiger partial charge is 0.508 e. The molecule has 0 aliphatic carbocycles. The standard InChI is InChI=1S/C20H22O9/c21-12-6-11(7-13(22)9-12)5-4-10-2-1-3-14(8-10)28-20-17(25)15(23)16(24)18(29-20)19(26)27/h1-3,6-9,15-18,20-25H,4-5H2,(H,26,27). The van der Waals surface area contributed by atoms with Crippen molar-refractivity contribution in [3.63, 3.8) is 0 Å². The highest BCUT2D eigenvalue weighted by atomic mass is 16.7. The molecule has 0 aromatic heterocycles. The lowest BCUT2D eigenvalue weighted by Crippen LogP contribution is -2.61. The average molecular weight is 406 g/mol. The summed E-state index contributed by atoms with van der Waals surface area (Å²) < 4.78 is 10.6. The molecule has 5 atom stereocenters. The van der Waals surface area contributed by atoms with E-state index < -0.39 is 36.7 Å². The molecule has 9 heteroatoms. The number of aromatic hydroxyl groups is 2. The molecule has 2 aromatic carbocycles. The van der Waals surface area contributed by atoms with Crippen LogP contribution in [0.2, 0.25) is 0 Å². The van der Waals surface area contributed by atoms with Gasteiger partial charge in [0, 0.05) is 6.07 Å². The van der Waals surface area contributed by atoms with Crippen molar-refractivity contribution in [2.45, 2.75) is 43.5 Å². The Balaban J connectivity index is 1.68. The van der Waals surface area contributed by atoms with Gasteiger partial charge >= 0.3 is 5.97 Å². The van der Waals surface area contributed by atoms with Gasteiger partial charge in [-0.15, -0.1) is 0 Å². The number of aliphatic hydroxyl groups excluding tert-OH is 3. The summed E-state index contributed by atoms with van der Waals surface area (Å²) in [5.41, 5.74) is 1.58. The van der Waals surface area contributed by atoms with E-state index in [9.17, 15) is 30.3 Å². The van der Waals surface area contributed by atoms with Crippen molar-refractivity contribution in [1.82, 2.24) is 0 Å². The van der Waals surface area contributed by atoms with Gasteiger partial charge < -0.3 is 40.1 Å². The number of aliphatic carboxylic acids is 1. The first-order valence-electron chi connectivity index (χ1n) is 8.94. The molecule has 1 aliphatic heterocycles. The molecule has 6 N–H and O–H groups in total. The van der Waals surface area contributed by atoms with Crippen LogP contribution >= 0.6 is 0 Å². The first kappa shape index (κ1) is 20.9. The zero-order chi connectivity index (χ0) is 21.1. The van der Waals surface area contributed by atoms with E-state index in [-0.39, 0.29) is 17.2 Å². The van der Waals surface area contributed by atoms with E-state index in [4.69, 9.17) is 14.6 Å². The highest BCUT2D eigenvalue weighted by Crippen LogP contribution is 2.26. The average Bonchev–Trinajstić information content (AvgIpc) is 2.66. The Bertz CT molecular complexity index is 849. The number of phenols is 2. The quantitative estimate of drug-likeness (QED) is 0.393. The molecule has 3 rings (SSSR count). The van der Waals surface area contributed by atoms with Crippen molar-refractivity contribution in [1.29, 1.82) is 0 Å². The van der Waals surface area contributed by atoms with E-state index in [2.05, 4.69) is 0 Å². The number of phenolic OH excluding ortho intramolecular Hbond substituents is 2. The number of hydrogen-bond acceptors (Lipinski definition) is 8. The lowest BCUT2D eigenvalue weighted by Gasteiger charge is -2.38. The van der Waals surface area contributed by atoms with Crippen LogP contribution in [-0.4, -0.2) is 67.3 Å². The minimum atomic E-state index is -1.78. The third kappa shape index (κ3) is 4.96. The maximum atomic E-state index is 11.2. The molecule has 0 amide bonds. The van der Waals surface area contributed by atoms with Crippen LogP contribution in [0.5, 0.6) is 17.2 Å². The monoisotopic (exact) mass is 406 g/mol. The molecule has 0 spiro atoms. The lowest BCUT2D eigenvalue weighted by molar-refractivity contribution is -0.271. The molecular weight excluding hydrogens is 384 g/mol. The zero-order valence-corrected chi connectivity index (χ0v) is 15.3. The molecule has 1 saturated heterocycles. The highest BCUT2D eigenvalue weighted by molar-refractivity contribution is 5.73. The third-order valence-corrected chi connectivity index (χ3v) is 4.63. The number of ether oxygens (including phenoxy) is 2. The molecule has 1 heterocycles. The van der Waals surface area contributed by atoms with Gasteiger partial charge in [0.15, 0.2) is 6.10 Å². The number of carboxylic acids is 1. The topological polar surface area (TPSA) is 157 Å². The molecule has 0 saturated carbocycles. The Kier molecular flexibility index (Phi) is 6.23. The molecule has 1 fully saturated rings. The van der Waals surface area contributed by atoms with Crippen molar-refractivity contribution in [2.75, 3.05) is 0 Å². The number of benzene rings is 2. The Hall–Kier alpha value is -2.85. The van der Waals surface area contributed by atoms with Gasteiger partial charge in [-0.25, -0.2) is 4.79 Å². The maximum absolute atomic E-state index is 11.2. The van der Waals surface area contributed by atoms with Crippen molar-refractivity contribution in [3.05, 3.63) is 53.6 Å². The fraction of sp³-hybridized carbons (Fsp3) is 0.350. The second-order valence-electron chi connectivity index (χ2n) is 6.86. The van der Waals surface area contributed by atoms with Crippen molar-refractivity contribution in [2.24, 2.45) is 0 Å². The van der Waals surface area contributed by atoms with Gasteiger partial charge in [-0.2, -0.15) is 0 Å². The summed E-state index contributed by atoms with van der Waals surface area (Å²) >= 11 is 0. The summed E-state index contributed by atoms with van der Waals surface area (Å²) in [7, 11) is 0. The molecule has 156 valence electrons. The predicted molar refractivity (Wildman–Crippen MR) is 98.6 cm³/mol. The molecule has 29 heavy (non-hydrogen) atoms. The van der Waals surface area contributed by atoms with Crippen LogP contribution in [0.1, 0.15) is 11.1 Å². The highest BCUT2D eigenvalue weighted by Gasteiger charge is 2.48. The summed E-state index contributed by atoms with van der Waals surface area (Å²) in [6, 6.07) is 11.1. The van der Waals surface area contributed by atoms with Gasteiger partial charge in [-0.3, -0.25) is 0 Å². The number of carbonyl (C=O) groups is 1. The molecule has 9 nitrogen and oxygen atoms in total. The van der Waals surface area contributed by atoms with E-state index in [0.717, 1.165) is 11.1 Å². The van der Waals surface area contributed by atoms with Crippen LogP contribution in [-0.2, 0) is 22.4 Å². The Morgan fingerprint density at radius 1 is 0.897 bits per heavy atom. The molecule has 0 bridgehead atoms. The normalized spacial score (nSPS) is 26.8. The second kappa shape index (κ2) is 8.66. The van der Waals surface area contributed by atoms with Crippen molar-refractivity contribution < 1.29 is 44.9 Å². The second-order valence-corrected chi connectivity index (χ2v) is 6.86. The summed E-state index contributed by atoms with van der Waals surface area (Å²) in [4.78, 5) is 11.2. The fourth-order valence-electron chi connectivity index (χ4n) is 3.15. The molecule has 2 aromatic rings. The third-order valence-electron chi connectivity index (χ3n) is 4.63. The van der Waals surface area contributed by atoms with Crippen LogP contribution in [0.4, 0.5) is 0 Å². The first-order chi connectivity index (χ1) is 13.7.